The topological polar surface area (TPSA) is 230 Å². The molecule has 12 atom stereocenters. The minimum atomic E-state index is -1.51. The van der Waals surface area contributed by atoms with Crippen molar-refractivity contribution in [2.45, 2.75) is 139 Å². The largest absolute Gasteiger partial charge is 0.469 e. The first-order valence-corrected chi connectivity index (χ1v) is 20.2. The quantitative estimate of drug-likeness (QED) is 0.0646. The first kappa shape index (κ1) is 48.1. The molecule has 17 nitrogen and oxygen atoms in total. The third-order valence-corrected chi connectivity index (χ3v) is 10.3. The van der Waals surface area contributed by atoms with E-state index >= 15 is 0 Å². The molecule has 59 heavy (non-hydrogen) atoms. The summed E-state index contributed by atoms with van der Waals surface area (Å²) in [6.45, 7) is 3.05. The summed E-state index contributed by atoms with van der Waals surface area (Å²) in [5.41, 5.74) is 1.67. The average Bonchev–Trinajstić information content (AvgIpc) is 3.23. The van der Waals surface area contributed by atoms with E-state index in [2.05, 4.69) is 10.6 Å². The molecule has 0 unspecified atom stereocenters. The molecule has 4 rings (SSSR count). The standard InChI is InChI=1S/C42H62N2O15/c1-26-34(44-40(51)31(48)20-22-46)36(56-25-29-16-10-6-11-17-29)38(41(57-26)54-23-13-7-12-18-32(49)52-3)59-42-37(53-4)35(55-24-28-14-8-5-9-15-28)33(27(2)58-42)43-39(50)30(47)19-21-45/h5-6,8-11,14-17,26-27,30-31,33-38,41-42,45-48H,7,12-13,18-25H2,1-4H3,(H,43,50)(H,44,51)/t26-,27-,30-,31-,33-,34-,35+,36+,37+,38+,41+,42-/m1/s1. The maximum Gasteiger partial charge on any atom is 0.305 e. The number of unbranched alkanes of at least 4 members (excludes halogenated alkanes) is 2. The van der Waals surface area contributed by atoms with Crippen LogP contribution in [0.15, 0.2) is 60.7 Å². The van der Waals surface area contributed by atoms with Crippen LogP contribution in [0.5, 0.6) is 0 Å². The summed E-state index contributed by atoms with van der Waals surface area (Å²) in [5, 5.41) is 45.4. The Bertz CT molecular complexity index is 1520. The van der Waals surface area contributed by atoms with E-state index in [4.69, 9.17) is 37.9 Å². The number of benzene rings is 2. The Kier molecular flexibility index (Phi) is 20.6. The average molecular weight is 835 g/mol. The maximum atomic E-state index is 13.3. The van der Waals surface area contributed by atoms with Gasteiger partial charge in [0, 0.05) is 46.2 Å². The van der Waals surface area contributed by atoms with E-state index in [1.807, 2.05) is 60.7 Å². The van der Waals surface area contributed by atoms with Gasteiger partial charge in [0.1, 0.15) is 36.6 Å². The Morgan fingerprint density at radius 1 is 0.661 bits per heavy atom. The second-order valence-electron chi connectivity index (χ2n) is 14.6. The van der Waals surface area contributed by atoms with Crippen molar-refractivity contribution in [3.8, 4) is 0 Å². The molecule has 2 aromatic carbocycles. The third kappa shape index (κ3) is 14.5. The molecular formula is C42H62N2O15. The Morgan fingerprint density at radius 3 is 1.63 bits per heavy atom. The van der Waals surface area contributed by atoms with Crippen molar-refractivity contribution in [1.82, 2.24) is 10.6 Å². The zero-order valence-corrected chi connectivity index (χ0v) is 34.3. The zero-order chi connectivity index (χ0) is 42.7. The van der Waals surface area contributed by atoms with Crippen molar-refractivity contribution in [1.29, 1.82) is 0 Å². The van der Waals surface area contributed by atoms with E-state index in [0.29, 0.717) is 19.3 Å². The highest BCUT2D eigenvalue weighted by atomic mass is 16.8. The van der Waals surface area contributed by atoms with Gasteiger partial charge in [-0.05, 0) is 37.8 Å². The van der Waals surface area contributed by atoms with Gasteiger partial charge in [-0.3, -0.25) is 14.4 Å². The molecule has 0 aliphatic carbocycles. The van der Waals surface area contributed by atoms with Gasteiger partial charge in [-0.15, -0.1) is 0 Å². The lowest BCUT2D eigenvalue weighted by atomic mass is 9.94. The van der Waals surface area contributed by atoms with Gasteiger partial charge in [0.05, 0.1) is 44.6 Å². The molecule has 2 aromatic rings. The number of carbonyl (C=O) groups excluding carboxylic acids is 3. The summed E-state index contributed by atoms with van der Waals surface area (Å²) < 4.78 is 49.9. The van der Waals surface area contributed by atoms with E-state index in [1.165, 1.54) is 14.2 Å². The lowest BCUT2D eigenvalue weighted by Gasteiger charge is -2.50. The number of ether oxygens (including phenoxy) is 8. The number of esters is 1. The molecule has 2 aliphatic heterocycles. The zero-order valence-electron chi connectivity index (χ0n) is 34.3. The number of aliphatic hydroxyl groups is 4. The van der Waals surface area contributed by atoms with E-state index in [1.54, 1.807) is 13.8 Å². The van der Waals surface area contributed by atoms with Gasteiger partial charge in [-0.2, -0.15) is 0 Å². The van der Waals surface area contributed by atoms with Crippen LogP contribution >= 0.6 is 0 Å². The number of amides is 2. The Hall–Kier alpha value is -3.59. The van der Waals surface area contributed by atoms with Gasteiger partial charge >= 0.3 is 5.97 Å². The van der Waals surface area contributed by atoms with Gasteiger partial charge in [0.15, 0.2) is 12.6 Å². The number of nitrogens with one attached hydrogen (secondary N) is 2. The van der Waals surface area contributed by atoms with Crippen LogP contribution in [0.4, 0.5) is 0 Å². The smallest absolute Gasteiger partial charge is 0.305 e. The molecule has 2 heterocycles. The highest BCUT2D eigenvalue weighted by Crippen LogP contribution is 2.34. The summed E-state index contributed by atoms with van der Waals surface area (Å²) >= 11 is 0. The van der Waals surface area contributed by atoms with Crippen LogP contribution in [0.2, 0.25) is 0 Å². The molecule has 0 bridgehead atoms. The molecule has 2 saturated heterocycles. The van der Waals surface area contributed by atoms with Crippen LogP contribution in [0.3, 0.4) is 0 Å². The fourth-order valence-corrected chi connectivity index (χ4v) is 6.99. The molecule has 6 N–H and O–H groups in total. The fraction of sp³-hybridized carbons (Fsp3) is 0.643. The number of aliphatic hydroxyl groups excluding tert-OH is 4. The van der Waals surface area contributed by atoms with Crippen LogP contribution in [-0.2, 0) is 65.5 Å². The summed E-state index contributed by atoms with van der Waals surface area (Å²) in [7, 11) is 2.78. The maximum absolute atomic E-state index is 13.3. The van der Waals surface area contributed by atoms with Crippen molar-refractivity contribution in [2.24, 2.45) is 0 Å². The van der Waals surface area contributed by atoms with E-state index in [9.17, 15) is 34.8 Å². The molecule has 2 aliphatic rings. The fourth-order valence-electron chi connectivity index (χ4n) is 6.99. The Balaban J connectivity index is 1.68. The van der Waals surface area contributed by atoms with E-state index in [0.717, 1.165) is 11.1 Å². The van der Waals surface area contributed by atoms with Crippen molar-refractivity contribution in [3.63, 3.8) is 0 Å². The number of hydrogen-bond acceptors (Lipinski definition) is 15. The van der Waals surface area contributed by atoms with Crippen LogP contribution in [0.1, 0.15) is 63.5 Å². The van der Waals surface area contributed by atoms with Crippen LogP contribution in [-0.4, -0.2) is 146 Å². The van der Waals surface area contributed by atoms with Crippen LogP contribution < -0.4 is 10.6 Å². The first-order valence-electron chi connectivity index (χ1n) is 20.2. The highest BCUT2D eigenvalue weighted by molar-refractivity contribution is 5.81. The molecule has 2 fully saturated rings. The van der Waals surface area contributed by atoms with Crippen molar-refractivity contribution in [3.05, 3.63) is 71.8 Å². The predicted octanol–water partition coefficient (Wildman–Crippen LogP) is 1.25. The molecule has 17 heteroatoms. The molecule has 2 amide bonds. The van der Waals surface area contributed by atoms with Gasteiger partial charge < -0.3 is 69.0 Å². The van der Waals surface area contributed by atoms with E-state index in [-0.39, 0.29) is 45.1 Å². The molecular weight excluding hydrogens is 772 g/mol. The summed E-state index contributed by atoms with van der Waals surface area (Å²) in [5.74, 6) is -1.78. The van der Waals surface area contributed by atoms with Gasteiger partial charge in [-0.25, -0.2) is 0 Å². The first-order chi connectivity index (χ1) is 28.5. The lowest BCUT2D eigenvalue weighted by molar-refractivity contribution is -0.354. The monoisotopic (exact) mass is 834 g/mol. The van der Waals surface area contributed by atoms with Crippen molar-refractivity contribution in [2.75, 3.05) is 34.0 Å². The highest BCUT2D eigenvalue weighted by Gasteiger charge is 2.53. The van der Waals surface area contributed by atoms with Gasteiger partial charge in [0.2, 0.25) is 11.8 Å². The van der Waals surface area contributed by atoms with Gasteiger partial charge in [-0.1, -0.05) is 67.1 Å². The Labute approximate surface area is 345 Å². The third-order valence-electron chi connectivity index (χ3n) is 10.3. The summed E-state index contributed by atoms with van der Waals surface area (Å²) in [6.07, 6.45) is -9.12. The van der Waals surface area contributed by atoms with Crippen LogP contribution in [0.25, 0.3) is 0 Å². The molecule has 0 spiro atoms. The second-order valence-corrected chi connectivity index (χ2v) is 14.6. The molecule has 330 valence electrons. The Morgan fingerprint density at radius 2 is 1.15 bits per heavy atom. The van der Waals surface area contributed by atoms with Crippen molar-refractivity contribution < 1.29 is 72.7 Å². The van der Waals surface area contributed by atoms with Crippen molar-refractivity contribution >= 4 is 17.8 Å². The molecule has 0 aromatic heterocycles. The van der Waals surface area contributed by atoms with E-state index < -0.39 is 98.5 Å². The number of hydrogen-bond donors (Lipinski definition) is 6. The molecule has 0 radical (unpaired) electrons. The normalized spacial score (nSPS) is 28.0. The summed E-state index contributed by atoms with van der Waals surface area (Å²) in [4.78, 5) is 38.0. The lowest BCUT2D eigenvalue weighted by Crippen LogP contribution is -2.69. The van der Waals surface area contributed by atoms with Gasteiger partial charge in [0.25, 0.3) is 0 Å². The summed E-state index contributed by atoms with van der Waals surface area (Å²) in [6, 6.07) is 17.0. The minimum Gasteiger partial charge on any atom is -0.469 e. The second kappa shape index (κ2) is 25.2. The van der Waals surface area contributed by atoms with Crippen LogP contribution in [0, 0.1) is 0 Å². The number of carbonyl (C=O) groups is 3. The predicted molar refractivity (Wildman–Crippen MR) is 210 cm³/mol. The number of methoxy groups -OCH3 is 2. The SMILES string of the molecule is COC(=O)CCCCCO[C@H]1O[C@H](C)[C@@H](NC(=O)[C@H](O)CCO)[C@H](OCc2ccccc2)[C@@H]1O[C@H]1O[C@H](C)[C@@H](NC(=O)[C@H](O)CCO)[C@H](OCc2ccccc2)[C@@H]1OC. The molecule has 0 saturated carbocycles. The number of rotatable bonds is 24. The minimum absolute atomic E-state index is 0.0899.